The van der Waals surface area contributed by atoms with Crippen molar-refractivity contribution in [2.75, 3.05) is 13.7 Å². The molecule has 0 aliphatic heterocycles. The molecule has 0 saturated heterocycles. The number of rotatable bonds is 7. The number of ether oxygens (including phenoxy) is 2. The van der Waals surface area contributed by atoms with E-state index in [2.05, 4.69) is 10.3 Å². The second-order valence-electron chi connectivity index (χ2n) is 7.23. The van der Waals surface area contributed by atoms with Crippen molar-refractivity contribution in [3.63, 3.8) is 0 Å². The Morgan fingerprint density at radius 3 is 2.40 bits per heavy atom. The molecule has 0 spiro atoms. The Morgan fingerprint density at radius 1 is 1.23 bits per heavy atom. The van der Waals surface area contributed by atoms with E-state index in [0.29, 0.717) is 5.92 Å². The van der Waals surface area contributed by atoms with Gasteiger partial charge in [-0.15, -0.1) is 0 Å². The molecule has 1 aromatic carbocycles. The van der Waals surface area contributed by atoms with Crippen molar-refractivity contribution < 1.29 is 19.4 Å². The normalized spacial score (nSPS) is 14.2. The SMILES string of the molecule is COc1ccnc(C(=S)NCC(=O)OC(C)CC2CCCC2)c1O.c1ccccc1. The Hall–Kier alpha value is -2.67. The van der Waals surface area contributed by atoms with Crippen molar-refractivity contribution in [3.8, 4) is 11.5 Å². The number of esters is 1. The number of thiocarbonyl (C=S) groups is 1. The largest absolute Gasteiger partial charge is 0.503 e. The highest BCUT2D eigenvalue weighted by Gasteiger charge is 2.20. The van der Waals surface area contributed by atoms with Gasteiger partial charge in [0.2, 0.25) is 0 Å². The lowest BCUT2D eigenvalue weighted by Crippen LogP contribution is -2.32. The summed E-state index contributed by atoms with van der Waals surface area (Å²) in [5, 5.41) is 12.8. The molecule has 30 heavy (non-hydrogen) atoms. The van der Waals surface area contributed by atoms with Gasteiger partial charge in [0.1, 0.15) is 17.2 Å². The molecule has 1 saturated carbocycles. The van der Waals surface area contributed by atoms with Gasteiger partial charge in [0, 0.05) is 12.3 Å². The fourth-order valence-electron chi connectivity index (χ4n) is 3.42. The maximum absolute atomic E-state index is 11.9. The second-order valence-corrected chi connectivity index (χ2v) is 7.64. The minimum Gasteiger partial charge on any atom is -0.503 e. The van der Waals surface area contributed by atoms with E-state index in [9.17, 15) is 9.90 Å². The molecule has 2 aromatic rings. The highest BCUT2D eigenvalue weighted by Crippen LogP contribution is 2.29. The lowest BCUT2D eigenvalue weighted by molar-refractivity contribution is -0.147. The minimum atomic E-state index is -0.370. The van der Waals surface area contributed by atoms with E-state index in [4.69, 9.17) is 21.7 Å². The molecule has 1 aliphatic carbocycles. The summed E-state index contributed by atoms with van der Waals surface area (Å²) in [5.74, 6) is 0.419. The number of hydrogen-bond donors (Lipinski definition) is 2. The number of methoxy groups -OCH3 is 1. The number of pyridine rings is 1. The molecule has 3 rings (SSSR count). The van der Waals surface area contributed by atoms with Crippen LogP contribution in [0.2, 0.25) is 0 Å². The standard InChI is InChI=1S/C17H24N2O4S.C6H6/c1-11(9-12-5-3-4-6-12)23-14(20)10-19-17(24)15-16(21)13(22-2)7-8-18-15;1-2-4-6-5-3-1/h7-8,11-12,21H,3-6,9-10H2,1-2H3,(H,19,24);1-6H. The quantitative estimate of drug-likeness (QED) is 0.502. The third kappa shape index (κ3) is 7.99. The van der Waals surface area contributed by atoms with Crippen LogP contribution in [0.5, 0.6) is 11.5 Å². The molecule has 1 aliphatic rings. The fourth-order valence-corrected chi connectivity index (χ4v) is 3.64. The van der Waals surface area contributed by atoms with E-state index < -0.39 is 0 Å². The van der Waals surface area contributed by atoms with Gasteiger partial charge >= 0.3 is 5.97 Å². The van der Waals surface area contributed by atoms with Crippen LogP contribution >= 0.6 is 12.2 Å². The van der Waals surface area contributed by atoms with Gasteiger partial charge in [-0.3, -0.25) is 4.79 Å². The zero-order valence-electron chi connectivity index (χ0n) is 17.5. The van der Waals surface area contributed by atoms with Crippen LogP contribution in [0.15, 0.2) is 48.7 Å². The molecule has 1 atom stereocenters. The molecule has 0 amide bonds. The molecule has 6 nitrogen and oxygen atoms in total. The van der Waals surface area contributed by atoms with Crippen molar-refractivity contribution >= 4 is 23.2 Å². The first kappa shape index (κ1) is 23.6. The van der Waals surface area contributed by atoms with Gasteiger partial charge in [0.15, 0.2) is 11.5 Å². The van der Waals surface area contributed by atoms with Gasteiger partial charge in [-0.2, -0.15) is 0 Å². The summed E-state index contributed by atoms with van der Waals surface area (Å²) in [6.45, 7) is 1.86. The van der Waals surface area contributed by atoms with Gasteiger partial charge in [-0.25, -0.2) is 4.98 Å². The third-order valence-corrected chi connectivity index (χ3v) is 5.19. The number of carbonyl (C=O) groups is 1. The number of aromatic hydroxyl groups is 1. The van der Waals surface area contributed by atoms with E-state index in [1.165, 1.54) is 45.1 Å². The Bertz CT molecular complexity index is 768. The maximum atomic E-state index is 11.9. The lowest BCUT2D eigenvalue weighted by atomic mass is 10.0. The average Bonchev–Trinajstić information content (AvgIpc) is 3.26. The summed E-state index contributed by atoms with van der Waals surface area (Å²) in [6.07, 6.45) is 7.30. The van der Waals surface area contributed by atoms with Crippen molar-refractivity contribution in [1.29, 1.82) is 0 Å². The van der Waals surface area contributed by atoms with Crippen LogP contribution in [0.1, 0.15) is 44.7 Å². The molecular weight excluding hydrogens is 400 g/mol. The summed E-state index contributed by atoms with van der Waals surface area (Å²) in [4.78, 5) is 16.1. The van der Waals surface area contributed by atoms with Crippen LogP contribution in [0, 0.1) is 5.92 Å². The molecule has 2 N–H and O–H groups in total. The summed E-state index contributed by atoms with van der Waals surface area (Å²) >= 11 is 5.17. The number of carbonyl (C=O) groups excluding carboxylic acids is 1. The number of hydrogen-bond acceptors (Lipinski definition) is 6. The maximum Gasteiger partial charge on any atom is 0.325 e. The summed E-state index contributed by atoms with van der Waals surface area (Å²) in [7, 11) is 1.44. The second kappa shape index (κ2) is 12.8. The number of benzene rings is 1. The first-order chi connectivity index (χ1) is 14.5. The molecule has 1 heterocycles. The van der Waals surface area contributed by atoms with E-state index in [1.807, 2.05) is 43.3 Å². The Morgan fingerprint density at radius 2 is 1.83 bits per heavy atom. The topological polar surface area (TPSA) is 80.7 Å². The van der Waals surface area contributed by atoms with Crippen molar-refractivity contribution in [3.05, 3.63) is 54.4 Å². The van der Waals surface area contributed by atoms with Crippen molar-refractivity contribution in [2.24, 2.45) is 5.92 Å². The van der Waals surface area contributed by atoms with E-state index in [-0.39, 0.29) is 40.8 Å². The Labute approximate surface area is 183 Å². The summed E-state index contributed by atoms with van der Waals surface area (Å²) < 4.78 is 10.4. The van der Waals surface area contributed by atoms with Crippen LogP contribution in [0.3, 0.4) is 0 Å². The monoisotopic (exact) mass is 430 g/mol. The zero-order chi connectivity index (χ0) is 21.8. The number of aromatic nitrogens is 1. The summed E-state index contributed by atoms with van der Waals surface area (Å²) in [6, 6.07) is 13.5. The smallest absolute Gasteiger partial charge is 0.325 e. The van der Waals surface area contributed by atoms with E-state index >= 15 is 0 Å². The van der Waals surface area contributed by atoms with Crippen molar-refractivity contribution in [1.82, 2.24) is 10.3 Å². The first-order valence-corrected chi connectivity index (χ1v) is 10.6. The Balaban J connectivity index is 0.000000456. The molecule has 1 fully saturated rings. The molecule has 162 valence electrons. The van der Waals surface area contributed by atoms with Crippen LogP contribution in [0.4, 0.5) is 0 Å². The van der Waals surface area contributed by atoms with Gasteiger partial charge in [0.25, 0.3) is 0 Å². The molecule has 0 radical (unpaired) electrons. The van der Waals surface area contributed by atoms with Gasteiger partial charge in [-0.05, 0) is 19.3 Å². The highest BCUT2D eigenvalue weighted by atomic mass is 32.1. The molecule has 0 bridgehead atoms. The third-order valence-electron chi connectivity index (χ3n) is 4.85. The molecule has 1 unspecified atom stereocenters. The first-order valence-electron chi connectivity index (χ1n) is 10.2. The van der Waals surface area contributed by atoms with Crippen LogP contribution < -0.4 is 10.1 Å². The minimum absolute atomic E-state index is 0.0633. The van der Waals surface area contributed by atoms with Gasteiger partial charge < -0.3 is 19.9 Å². The molecular formula is C23H30N2O4S. The van der Waals surface area contributed by atoms with Gasteiger partial charge in [-0.1, -0.05) is 74.3 Å². The Kier molecular flexibility index (Phi) is 10.1. The van der Waals surface area contributed by atoms with Crippen LogP contribution in [-0.2, 0) is 9.53 Å². The summed E-state index contributed by atoms with van der Waals surface area (Å²) in [5.41, 5.74) is 0.177. The predicted molar refractivity (Wildman–Crippen MR) is 121 cm³/mol. The zero-order valence-corrected chi connectivity index (χ0v) is 18.4. The lowest BCUT2D eigenvalue weighted by Gasteiger charge is -2.17. The van der Waals surface area contributed by atoms with Gasteiger partial charge in [0.05, 0.1) is 13.2 Å². The van der Waals surface area contributed by atoms with E-state index in [0.717, 1.165) is 6.42 Å². The number of nitrogens with one attached hydrogen (secondary N) is 1. The van der Waals surface area contributed by atoms with Crippen LogP contribution in [-0.4, -0.2) is 40.8 Å². The molecule has 7 heteroatoms. The predicted octanol–water partition coefficient (Wildman–Crippen LogP) is 4.26. The average molecular weight is 431 g/mol. The molecule has 1 aromatic heterocycles. The fraction of sp³-hybridized carbons (Fsp3) is 0.435. The number of nitrogens with zero attached hydrogens (tertiary/aromatic N) is 1. The van der Waals surface area contributed by atoms with E-state index in [1.54, 1.807) is 0 Å². The van der Waals surface area contributed by atoms with Crippen LogP contribution in [0.25, 0.3) is 0 Å². The van der Waals surface area contributed by atoms with Crippen molar-refractivity contribution in [2.45, 2.75) is 45.1 Å². The highest BCUT2D eigenvalue weighted by molar-refractivity contribution is 7.80.